The molecule has 0 saturated carbocycles. The van der Waals surface area contributed by atoms with Gasteiger partial charge < -0.3 is 9.64 Å². The SMILES string of the molecule is CCOC(=O)c1csc(CN(C(=O)c2ccc(C)cc2)C(C)C)n1. The molecule has 1 aromatic carbocycles. The van der Waals surface area contributed by atoms with Gasteiger partial charge in [-0.25, -0.2) is 9.78 Å². The molecule has 0 atom stereocenters. The van der Waals surface area contributed by atoms with Crippen LogP contribution in [-0.2, 0) is 11.3 Å². The van der Waals surface area contributed by atoms with Crippen molar-refractivity contribution < 1.29 is 14.3 Å². The van der Waals surface area contributed by atoms with Gasteiger partial charge in [0.05, 0.1) is 13.2 Å². The van der Waals surface area contributed by atoms with Gasteiger partial charge in [-0.1, -0.05) is 17.7 Å². The molecule has 0 aliphatic carbocycles. The van der Waals surface area contributed by atoms with Crippen LogP contribution in [0.5, 0.6) is 0 Å². The number of amides is 1. The standard InChI is InChI=1S/C18H22N2O3S/c1-5-23-18(22)15-11-24-16(19-15)10-20(12(2)3)17(21)14-8-6-13(4)7-9-14/h6-9,11-12H,5,10H2,1-4H3. The number of rotatable bonds is 6. The van der Waals surface area contributed by atoms with Gasteiger partial charge in [-0.3, -0.25) is 4.79 Å². The van der Waals surface area contributed by atoms with Crippen molar-refractivity contribution >= 4 is 23.2 Å². The Kier molecular flexibility index (Phi) is 6.09. The van der Waals surface area contributed by atoms with Crippen LogP contribution in [-0.4, -0.2) is 34.4 Å². The van der Waals surface area contributed by atoms with Crippen LogP contribution in [0.2, 0.25) is 0 Å². The minimum absolute atomic E-state index is 0.0220. The van der Waals surface area contributed by atoms with Gasteiger partial charge in [-0.15, -0.1) is 11.3 Å². The van der Waals surface area contributed by atoms with Crippen molar-refractivity contribution in [2.24, 2.45) is 0 Å². The lowest BCUT2D eigenvalue weighted by molar-refractivity contribution is 0.0520. The smallest absolute Gasteiger partial charge is 0.357 e. The summed E-state index contributed by atoms with van der Waals surface area (Å²) in [7, 11) is 0. The molecule has 0 bridgehead atoms. The monoisotopic (exact) mass is 346 g/mol. The molecule has 1 amide bonds. The Morgan fingerprint density at radius 2 is 1.92 bits per heavy atom. The maximum absolute atomic E-state index is 12.8. The van der Waals surface area contributed by atoms with E-state index in [1.165, 1.54) is 11.3 Å². The fraction of sp³-hybridized carbons (Fsp3) is 0.389. The zero-order chi connectivity index (χ0) is 17.7. The second kappa shape index (κ2) is 8.06. The van der Waals surface area contributed by atoms with Crippen molar-refractivity contribution in [1.29, 1.82) is 0 Å². The topological polar surface area (TPSA) is 59.5 Å². The summed E-state index contributed by atoms with van der Waals surface area (Å²) in [5.41, 5.74) is 2.06. The van der Waals surface area contributed by atoms with Gasteiger partial charge >= 0.3 is 5.97 Å². The zero-order valence-corrected chi connectivity index (χ0v) is 15.2. The highest BCUT2D eigenvalue weighted by atomic mass is 32.1. The Balaban J connectivity index is 2.15. The maximum atomic E-state index is 12.8. The van der Waals surface area contributed by atoms with E-state index < -0.39 is 5.97 Å². The maximum Gasteiger partial charge on any atom is 0.357 e. The molecule has 5 nitrogen and oxygen atoms in total. The summed E-state index contributed by atoms with van der Waals surface area (Å²) in [4.78, 5) is 30.5. The summed E-state index contributed by atoms with van der Waals surface area (Å²) in [6.45, 7) is 8.36. The molecule has 0 aliphatic heterocycles. The molecule has 0 saturated heterocycles. The number of hydrogen-bond donors (Lipinski definition) is 0. The van der Waals surface area contributed by atoms with Gasteiger partial charge in [0, 0.05) is 17.0 Å². The second-order valence-electron chi connectivity index (χ2n) is 5.74. The number of nitrogens with zero attached hydrogens (tertiary/aromatic N) is 2. The van der Waals surface area contributed by atoms with Crippen molar-refractivity contribution in [2.75, 3.05) is 6.61 Å². The van der Waals surface area contributed by atoms with Crippen LogP contribution in [0.25, 0.3) is 0 Å². The van der Waals surface area contributed by atoms with Crippen molar-refractivity contribution in [3.8, 4) is 0 Å². The van der Waals surface area contributed by atoms with Crippen LogP contribution in [0.4, 0.5) is 0 Å². The summed E-state index contributed by atoms with van der Waals surface area (Å²) >= 11 is 1.36. The van der Waals surface area contributed by atoms with E-state index >= 15 is 0 Å². The highest BCUT2D eigenvalue weighted by Gasteiger charge is 2.21. The van der Waals surface area contributed by atoms with E-state index in [0.717, 1.165) is 5.56 Å². The molecule has 24 heavy (non-hydrogen) atoms. The first-order valence-electron chi connectivity index (χ1n) is 7.91. The minimum atomic E-state index is -0.430. The molecule has 0 aliphatic rings. The van der Waals surface area contributed by atoms with E-state index in [9.17, 15) is 9.59 Å². The van der Waals surface area contributed by atoms with E-state index in [-0.39, 0.29) is 11.9 Å². The van der Waals surface area contributed by atoms with Crippen LogP contribution in [0.15, 0.2) is 29.6 Å². The number of carbonyl (C=O) groups excluding carboxylic acids is 2. The predicted octanol–water partition coefficient (Wildman–Crippen LogP) is 3.68. The van der Waals surface area contributed by atoms with E-state index in [1.807, 2.05) is 45.0 Å². The molecule has 0 N–H and O–H groups in total. The first-order valence-corrected chi connectivity index (χ1v) is 8.79. The van der Waals surface area contributed by atoms with E-state index in [1.54, 1.807) is 17.2 Å². The molecule has 2 aromatic rings. The number of thiazole rings is 1. The average Bonchev–Trinajstić information content (AvgIpc) is 3.01. The van der Waals surface area contributed by atoms with Crippen molar-refractivity contribution in [2.45, 2.75) is 40.3 Å². The third kappa shape index (κ3) is 4.41. The fourth-order valence-corrected chi connectivity index (χ4v) is 2.94. The molecule has 128 valence electrons. The Labute approximate surface area is 146 Å². The number of aromatic nitrogens is 1. The van der Waals surface area contributed by atoms with Gasteiger partial charge in [0.25, 0.3) is 5.91 Å². The summed E-state index contributed by atoms with van der Waals surface area (Å²) in [5, 5.41) is 2.38. The first-order chi connectivity index (χ1) is 11.4. The van der Waals surface area contributed by atoms with E-state index in [2.05, 4.69) is 4.98 Å². The van der Waals surface area contributed by atoms with Gasteiger partial charge in [-0.2, -0.15) is 0 Å². The summed E-state index contributed by atoms with van der Waals surface area (Å²) in [5.74, 6) is -0.473. The lowest BCUT2D eigenvalue weighted by Gasteiger charge is -2.26. The van der Waals surface area contributed by atoms with Gasteiger partial charge in [-0.05, 0) is 39.8 Å². The number of hydrogen-bond acceptors (Lipinski definition) is 5. The molecule has 0 unspecified atom stereocenters. The highest BCUT2D eigenvalue weighted by molar-refractivity contribution is 7.09. The molecule has 1 heterocycles. The zero-order valence-electron chi connectivity index (χ0n) is 14.4. The largest absolute Gasteiger partial charge is 0.461 e. The molecular weight excluding hydrogens is 324 g/mol. The van der Waals surface area contributed by atoms with E-state index in [4.69, 9.17) is 4.74 Å². The van der Waals surface area contributed by atoms with Crippen molar-refractivity contribution in [3.05, 3.63) is 51.5 Å². The third-order valence-electron chi connectivity index (χ3n) is 3.52. The Bertz CT molecular complexity index is 707. The van der Waals surface area contributed by atoms with Crippen LogP contribution >= 0.6 is 11.3 Å². The quantitative estimate of drug-likeness (QED) is 0.749. The lowest BCUT2D eigenvalue weighted by Crippen LogP contribution is -2.36. The molecule has 0 radical (unpaired) electrons. The van der Waals surface area contributed by atoms with Crippen LogP contribution < -0.4 is 0 Å². The Morgan fingerprint density at radius 3 is 2.50 bits per heavy atom. The summed E-state index contributed by atoms with van der Waals surface area (Å²) in [6.07, 6.45) is 0. The number of ether oxygens (including phenoxy) is 1. The number of benzene rings is 1. The molecule has 0 spiro atoms. The highest BCUT2D eigenvalue weighted by Crippen LogP contribution is 2.17. The molecule has 6 heteroatoms. The van der Waals surface area contributed by atoms with Crippen molar-refractivity contribution in [3.63, 3.8) is 0 Å². The Hall–Kier alpha value is -2.21. The predicted molar refractivity (Wildman–Crippen MR) is 94.3 cm³/mol. The third-order valence-corrected chi connectivity index (χ3v) is 4.36. The molecular formula is C18H22N2O3S. The first kappa shape index (κ1) is 18.1. The van der Waals surface area contributed by atoms with Crippen LogP contribution in [0.1, 0.15) is 52.2 Å². The number of aryl methyl sites for hydroxylation is 1. The molecule has 0 fully saturated rings. The summed E-state index contributed by atoms with van der Waals surface area (Å²) < 4.78 is 4.95. The minimum Gasteiger partial charge on any atom is -0.461 e. The lowest BCUT2D eigenvalue weighted by atomic mass is 10.1. The van der Waals surface area contributed by atoms with Gasteiger partial charge in [0.2, 0.25) is 0 Å². The van der Waals surface area contributed by atoms with Gasteiger partial charge in [0.1, 0.15) is 5.01 Å². The van der Waals surface area contributed by atoms with Crippen LogP contribution in [0.3, 0.4) is 0 Å². The van der Waals surface area contributed by atoms with Crippen LogP contribution in [0, 0.1) is 6.92 Å². The second-order valence-corrected chi connectivity index (χ2v) is 6.68. The summed E-state index contributed by atoms with van der Waals surface area (Å²) in [6, 6.07) is 7.54. The normalized spacial score (nSPS) is 10.7. The van der Waals surface area contributed by atoms with Crippen molar-refractivity contribution in [1.82, 2.24) is 9.88 Å². The molecule has 1 aromatic heterocycles. The van der Waals surface area contributed by atoms with E-state index in [0.29, 0.717) is 29.4 Å². The number of carbonyl (C=O) groups is 2. The Morgan fingerprint density at radius 1 is 1.25 bits per heavy atom. The fourth-order valence-electron chi connectivity index (χ4n) is 2.18. The average molecular weight is 346 g/mol. The molecule has 2 rings (SSSR count). The van der Waals surface area contributed by atoms with Gasteiger partial charge in [0.15, 0.2) is 5.69 Å². The number of esters is 1.